The maximum atomic E-state index is 6.98. The number of hydrogen-bond donors (Lipinski definition) is 0. The van der Waals surface area contributed by atoms with Crippen molar-refractivity contribution in [1.82, 2.24) is 0 Å². The molecule has 0 fully saturated rings. The van der Waals surface area contributed by atoms with Crippen LogP contribution in [0.5, 0.6) is 0 Å². The van der Waals surface area contributed by atoms with Crippen molar-refractivity contribution in [1.29, 1.82) is 0 Å². The number of allylic oxidation sites excluding steroid dienone is 4. The van der Waals surface area contributed by atoms with Crippen molar-refractivity contribution in [2.45, 2.75) is 31.6 Å². The monoisotopic (exact) mass is 605 g/mol. The molecule has 0 radical (unpaired) electrons. The van der Waals surface area contributed by atoms with Crippen LogP contribution >= 0.6 is 0 Å². The fourth-order valence-electron chi connectivity index (χ4n) is 7.85. The van der Waals surface area contributed by atoms with E-state index in [1.807, 2.05) is 0 Å². The Labute approximate surface area is 275 Å². The predicted octanol–water partition coefficient (Wildman–Crippen LogP) is 12.6. The van der Waals surface area contributed by atoms with E-state index in [9.17, 15) is 0 Å². The molecule has 0 spiro atoms. The maximum Gasteiger partial charge on any atom is 0.159 e. The molecule has 1 aromatic heterocycles. The van der Waals surface area contributed by atoms with E-state index < -0.39 is 0 Å². The Balaban J connectivity index is 1.30. The van der Waals surface area contributed by atoms with Crippen molar-refractivity contribution in [2.24, 2.45) is 0 Å². The first-order chi connectivity index (χ1) is 23.1. The molecule has 2 nitrogen and oxygen atoms in total. The molecule has 47 heavy (non-hydrogen) atoms. The molecule has 0 saturated heterocycles. The molecule has 7 aromatic rings. The lowest BCUT2D eigenvalue weighted by Crippen LogP contribution is -2.16. The summed E-state index contributed by atoms with van der Waals surface area (Å²) in [5.74, 6) is 0.395. The quantitative estimate of drug-likeness (QED) is 0.194. The van der Waals surface area contributed by atoms with Gasteiger partial charge < -0.3 is 9.32 Å². The van der Waals surface area contributed by atoms with Crippen LogP contribution < -0.4 is 4.90 Å². The highest BCUT2D eigenvalue weighted by Gasteiger charge is 2.38. The first-order valence-electron chi connectivity index (χ1n) is 16.6. The minimum atomic E-state index is -0.103. The average molecular weight is 606 g/mol. The van der Waals surface area contributed by atoms with E-state index in [1.54, 1.807) is 0 Å². The van der Waals surface area contributed by atoms with E-state index in [-0.39, 0.29) is 5.41 Å². The summed E-state index contributed by atoms with van der Waals surface area (Å²) in [6.45, 7) is 4.69. The summed E-state index contributed by atoms with van der Waals surface area (Å²) in [5, 5.41) is 2.24. The Morgan fingerprint density at radius 1 is 0.596 bits per heavy atom. The smallest absolute Gasteiger partial charge is 0.159 e. The van der Waals surface area contributed by atoms with Gasteiger partial charge in [-0.1, -0.05) is 147 Å². The van der Waals surface area contributed by atoms with Gasteiger partial charge in [0.2, 0.25) is 0 Å². The number of fused-ring (bicyclic) bond motifs is 6. The van der Waals surface area contributed by atoms with Crippen molar-refractivity contribution in [3.63, 3.8) is 0 Å². The molecule has 1 heterocycles. The highest BCUT2D eigenvalue weighted by molar-refractivity contribution is 6.14. The van der Waals surface area contributed by atoms with E-state index in [0.29, 0.717) is 5.92 Å². The lowest BCUT2D eigenvalue weighted by molar-refractivity contribution is 0.660. The Hall–Kier alpha value is -5.60. The van der Waals surface area contributed by atoms with Gasteiger partial charge in [0, 0.05) is 38.9 Å². The molecule has 0 amide bonds. The van der Waals surface area contributed by atoms with Gasteiger partial charge in [0.1, 0.15) is 5.58 Å². The number of rotatable bonds is 5. The standard InChI is InChI=1S/C45H35NO/c1-45(2)38-22-10-9-18-37(38)42-39(45)23-13-24-40(42)46(33-28-26-31(27-29-33)30-14-5-3-6-15-30)41-25-12-21-36-35-20-11-19-34(43(35)47-44(36)41)32-16-7-4-8-17-32/h3-14,16-30H,15H2,1-2H3. The van der Waals surface area contributed by atoms with Gasteiger partial charge in [-0.05, 0) is 58.5 Å². The fraction of sp³-hybridized carbons (Fsp3) is 0.111. The number of hydrogen-bond acceptors (Lipinski definition) is 2. The molecule has 0 saturated carbocycles. The molecular weight excluding hydrogens is 571 g/mol. The second kappa shape index (κ2) is 10.7. The zero-order valence-electron chi connectivity index (χ0n) is 26.7. The Kier molecular flexibility index (Phi) is 6.33. The Morgan fingerprint density at radius 3 is 2.09 bits per heavy atom. The van der Waals surface area contributed by atoms with E-state index in [2.05, 4.69) is 177 Å². The van der Waals surface area contributed by atoms with Crippen LogP contribution in [0.25, 0.3) is 44.2 Å². The third-order valence-electron chi connectivity index (χ3n) is 10.2. The molecule has 0 N–H and O–H groups in total. The lowest BCUT2D eigenvalue weighted by atomic mass is 9.82. The van der Waals surface area contributed by atoms with Gasteiger partial charge in [0.15, 0.2) is 5.58 Å². The van der Waals surface area contributed by atoms with Gasteiger partial charge in [-0.15, -0.1) is 0 Å². The highest BCUT2D eigenvalue weighted by Crippen LogP contribution is 2.55. The third-order valence-corrected chi connectivity index (χ3v) is 10.2. The third kappa shape index (κ3) is 4.32. The lowest BCUT2D eigenvalue weighted by Gasteiger charge is -2.29. The van der Waals surface area contributed by atoms with Crippen LogP contribution in [0, 0.1) is 0 Å². The van der Waals surface area contributed by atoms with Crippen LogP contribution in [0.1, 0.15) is 42.9 Å². The van der Waals surface area contributed by atoms with Crippen LogP contribution in [0.2, 0.25) is 0 Å². The van der Waals surface area contributed by atoms with Crippen molar-refractivity contribution >= 4 is 39.0 Å². The molecule has 1 unspecified atom stereocenters. The second-order valence-corrected chi connectivity index (χ2v) is 13.3. The van der Waals surface area contributed by atoms with E-state index in [1.165, 1.54) is 27.8 Å². The highest BCUT2D eigenvalue weighted by atomic mass is 16.3. The molecule has 6 aromatic carbocycles. The Morgan fingerprint density at radius 2 is 1.28 bits per heavy atom. The van der Waals surface area contributed by atoms with Gasteiger partial charge in [-0.25, -0.2) is 0 Å². The van der Waals surface area contributed by atoms with Crippen molar-refractivity contribution < 1.29 is 4.42 Å². The number of nitrogens with zero attached hydrogens (tertiary/aromatic N) is 1. The van der Waals surface area contributed by atoms with Gasteiger partial charge in [0.05, 0.1) is 11.4 Å². The Bertz CT molecular complexity index is 2350. The molecule has 2 heteroatoms. The van der Waals surface area contributed by atoms with E-state index in [4.69, 9.17) is 4.42 Å². The van der Waals surface area contributed by atoms with Gasteiger partial charge >= 0.3 is 0 Å². The first-order valence-corrected chi connectivity index (χ1v) is 16.6. The summed E-state index contributed by atoms with van der Waals surface area (Å²) in [5.41, 5.74) is 13.9. The average Bonchev–Trinajstić information content (AvgIpc) is 3.63. The fourth-order valence-corrected chi connectivity index (χ4v) is 7.85. The predicted molar refractivity (Wildman–Crippen MR) is 197 cm³/mol. The summed E-state index contributed by atoms with van der Waals surface area (Å²) in [6, 6.07) is 48.4. The van der Waals surface area contributed by atoms with Crippen LogP contribution in [-0.2, 0) is 5.41 Å². The van der Waals surface area contributed by atoms with Gasteiger partial charge in [-0.3, -0.25) is 0 Å². The number of benzene rings is 6. The minimum Gasteiger partial charge on any atom is -0.453 e. The first kappa shape index (κ1) is 27.7. The number of para-hydroxylation sites is 2. The molecular formula is C45H35NO. The summed E-state index contributed by atoms with van der Waals surface area (Å²) >= 11 is 0. The van der Waals surface area contributed by atoms with Crippen molar-refractivity contribution in [3.8, 4) is 22.3 Å². The maximum absolute atomic E-state index is 6.98. The molecule has 226 valence electrons. The molecule has 2 aliphatic rings. The van der Waals surface area contributed by atoms with Gasteiger partial charge in [0.25, 0.3) is 0 Å². The van der Waals surface area contributed by atoms with E-state index in [0.717, 1.165) is 56.5 Å². The van der Waals surface area contributed by atoms with Crippen LogP contribution in [0.3, 0.4) is 0 Å². The van der Waals surface area contributed by atoms with Gasteiger partial charge in [-0.2, -0.15) is 0 Å². The number of anilines is 3. The second-order valence-electron chi connectivity index (χ2n) is 13.3. The zero-order chi connectivity index (χ0) is 31.5. The SMILES string of the molecule is CC1(C)c2ccccc2-c2c(N(c3ccc(C4C=CC=CC4)cc3)c3cccc4c3oc3c(-c5ccccc5)cccc34)cccc21. The topological polar surface area (TPSA) is 16.4 Å². The summed E-state index contributed by atoms with van der Waals surface area (Å²) in [4.78, 5) is 2.42. The van der Waals surface area contributed by atoms with Crippen molar-refractivity contribution in [3.05, 3.63) is 174 Å². The van der Waals surface area contributed by atoms with Crippen LogP contribution in [-0.4, -0.2) is 0 Å². The zero-order valence-corrected chi connectivity index (χ0v) is 26.7. The van der Waals surface area contributed by atoms with E-state index >= 15 is 0 Å². The van der Waals surface area contributed by atoms with Crippen molar-refractivity contribution in [2.75, 3.05) is 4.90 Å². The molecule has 9 rings (SSSR count). The molecule has 2 aliphatic carbocycles. The summed E-state index contributed by atoms with van der Waals surface area (Å²) < 4.78 is 6.98. The molecule has 0 bridgehead atoms. The number of furan rings is 1. The van der Waals surface area contributed by atoms with Crippen LogP contribution in [0.4, 0.5) is 17.1 Å². The summed E-state index contributed by atoms with van der Waals surface area (Å²) in [7, 11) is 0. The minimum absolute atomic E-state index is 0.103. The summed E-state index contributed by atoms with van der Waals surface area (Å²) in [6.07, 6.45) is 9.88. The van der Waals surface area contributed by atoms with Crippen LogP contribution in [0.15, 0.2) is 162 Å². The molecule has 0 aliphatic heterocycles. The normalized spacial score (nSPS) is 16.0. The largest absolute Gasteiger partial charge is 0.453 e. The molecule has 1 atom stereocenters.